The first-order valence-corrected chi connectivity index (χ1v) is 7.54. The van der Waals surface area contributed by atoms with Gasteiger partial charge in [-0.3, -0.25) is 5.41 Å². The van der Waals surface area contributed by atoms with Crippen molar-refractivity contribution in [3.63, 3.8) is 0 Å². The van der Waals surface area contributed by atoms with Crippen molar-refractivity contribution in [2.75, 3.05) is 6.61 Å². The maximum absolute atomic E-state index is 7.32. The molecule has 1 heterocycles. The van der Waals surface area contributed by atoms with Crippen LogP contribution >= 0.6 is 0 Å². The average molecular weight is 291 g/mol. The van der Waals surface area contributed by atoms with Gasteiger partial charge in [-0.05, 0) is 26.2 Å². The Bertz CT molecular complexity index is 438. The van der Waals surface area contributed by atoms with E-state index in [0.717, 1.165) is 31.2 Å². The highest BCUT2D eigenvalue weighted by atomic mass is 16.7. The molecular weight excluding hydrogens is 266 g/mol. The number of nitrogens with two attached hydrogens (primary N) is 1. The zero-order valence-corrected chi connectivity index (χ0v) is 12.5. The first kappa shape index (κ1) is 15.9. The van der Waals surface area contributed by atoms with Gasteiger partial charge in [-0.2, -0.15) is 0 Å². The molecule has 3 atom stereocenters. The molecule has 0 radical (unpaired) electrons. The van der Waals surface area contributed by atoms with Crippen LogP contribution < -0.4 is 11.1 Å². The van der Waals surface area contributed by atoms with Gasteiger partial charge >= 0.3 is 0 Å². The van der Waals surface area contributed by atoms with Crippen LogP contribution in [-0.2, 0) is 9.47 Å². The Kier molecular flexibility index (Phi) is 6.17. The molecule has 1 aliphatic rings. The van der Waals surface area contributed by atoms with Crippen LogP contribution in [0.2, 0.25) is 0 Å². The molecule has 1 aromatic rings. The Balaban J connectivity index is 1.62. The molecule has 1 aromatic carbocycles. The van der Waals surface area contributed by atoms with E-state index in [1.54, 1.807) is 6.92 Å². The van der Waals surface area contributed by atoms with Gasteiger partial charge in [0.2, 0.25) is 0 Å². The first-order valence-electron chi connectivity index (χ1n) is 7.54. The maximum atomic E-state index is 7.32. The van der Waals surface area contributed by atoms with Crippen molar-refractivity contribution in [2.45, 2.75) is 51.2 Å². The molecule has 1 fully saturated rings. The predicted molar refractivity (Wildman–Crippen MR) is 83.0 cm³/mol. The molecule has 0 bridgehead atoms. The van der Waals surface area contributed by atoms with Crippen LogP contribution in [0, 0.1) is 5.41 Å². The van der Waals surface area contributed by atoms with Crippen molar-refractivity contribution in [1.82, 2.24) is 5.32 Å². The van der Waals surface area contributed by atoms with E-state index < -0.39 is 0 Å². The molecule has 0 amide bonds. The van der Waals surface area contributed by atoms with Gasteiger partial charge in [0.1, 0.15) is 0 Å². The molecule has 116 valence electrons. The third-order valence-corrected chi connectivity index (χ3v) is 3.51. The van der Waals surface area contributed by atoms with E-state index in [1.807, 2.05) is 30.3 Å². The minimum Gasteiger partial charge on any atom is -0.359 e. The van der Waals surface area contributed by atoms with Crippen LogP contribution in [0.15, 0.2) is 30.3 Å². The number of ether oxygens (including phenoxy) is 2. The second kappa shape index (κ2) is 8.12. The summed E-state index contributed by atoms with van der Waals surface area (Å²) >= 11 is 0. The molecule has 2 rings (SSSR count). The van der Waals surface area contributed by atoms with Crippen LogP contribution in [0.25, 0.3) is 0 Å². The molecule has 5 heteroatoms. The quantitative estimate of drug-likeness (QED) is 0.312. The number of hydrogen-bond acceptors (Lipinski definition) is 4. The van der Waals surface area contributed by atoms with Crippen molar-refractivity contribution >= 4 is 5.84 Å². The number of hydrogen-bond donors (Lipinski definition) is 3. The van der Waals surface area contributed by atoms with Crippen molar-refractivity contribution in [1.29, 1.82) is 5.41 Å². The third-order valence-electron chi connectivity index (χ3n) is 3.51. The third kappa shape index (κ3) is 5.46. The van der Waals surface area contributed by atoms with Crippen molar-refractivity contribution < 1.29 is 9.47 Å². The summed E-state index contributed by atoms with van der Waals surface area (Å²) in [4.78, 5) is 0. The van der Waals surface area contributed by atoms with Crippen molar-refractivity contribution in [3.8, 4) is 0 Å². The highest BCUT2D eigenvalue weighted by molar-refractivity contribution is 5.76. The van der Waals surface area contributed by atoms with Crippen LogP contribution in [0.4, 0.5) is 0 Å². The van der Waals surface area contributed by atoms with Crippen molar-refractivity contribution in [3.05, 3.63) is 35.9 Å². The zero-order chi connectivity index (χ0) is 15.1. The molecule has 4 N–H and O–H groups in total. The van der Waals surface area contributed by atoms with Crippen LogP contribution in [-0.4, -0.2) is 24.7 Å². The van der Waals surface area contributed by atoms with Crippen LogP contribution in [0.3, 0.4) is 0 Å². The summed E-state index contributed by atoms with van der Waals surface area (Å²) in [6.45, 7) is 2.36. The van der Waals surface area contributed by atoms with Gasteiger partial charge in [0, 0.05) is 5.56 Å². The second-order valence-electron chi connectivity index (χ2n) is 5.49. The van der Waals surface area contributed by atoms with E-state index in [2.05, 4.69) is 5.32 Å². The van der Waals surface area contributed by atoms with E-state index in [9.17, 15) is 0 Å². The number of amidine groups is 1. The maximum Gasteiger partial charge on any atom is 0.184 e. The fourth-order valence-corrected chi connectivity index (χ4v) is 2.47. The highest BCUT2D eigenvalue weighted by Crippen LogP contribution is 2.28. The average Bonchev–Trinajstić information content (AvgIpc) is 2.93. The van der Waals surface area contributed by atoms with E-state index >= 15 is 0 Å². The summed E-state index contributed by atoms with van der Waals surface area (Å²) in [6, 6.07) is 10.0. The monoisotopic (exact) mass is 291 g/mol. The molecule has 0 aliphatic carbocycles. The largest absolute Gasteiger partial charge is 0.359 e. The molecule has 0 spiro atoms. The number of nitrogens with one attached hydrogen (secondary N) is 2. The summed E-state index contributed by atoms with van der Waals surface area (Å²) in [7, 11) is 0. The predicted octanol–water partition coefficient (Wildman–Crippen LogP) is 2.53. The Morgan fingerprint density at radius 2 is 2.14 bits per heavy atom. The summed E-state index contributed by atoms with van der Waals surface area (Å²) in [5.41, 5.74) is 6.94. The van der Waals surface area contributed by atoms with Gasteiger partial charge in [0.05, 0.1) is 24.7 Å². The van der Waals surface area contributed by atoms with E-state index in [-0.39, 0.29) is 18.6 Å². The van der Waals surface area contributed by atoms with Gasteiger partial charge in [0.25, 0.3) is 0 Å². The van der Waals surface area contributed by atoms with E-state index in [4.69, 9.17) is 20.6 Å². The van der Waals surface area contributed by atoms with E-state index in [1.165, 1.54) is 0 Å². The Labute approximate surface area is 126 Å². The minimum absolute atomic E-state index is 0.125. The lowest BCUT2D eigenvalue weighted by Crippen LogP contribution is -2.39. The van der Waals surface area contributed by atoms with Crippen LogP contribution in [0.5, 0.6) is 0 Å². The first-order chi connectivity index (χ1) is 10.1. The number of benzene rings is 1. The Morgan fingerprint density at radius 1 is 1.38 bits per heavy atom. The molecule has 3 unspecified atom stereocenters. The highest BCUT2D eigenvalue weighted by Gasteiger charge is 2.26. The molecular formula is C16H25N3O2. The summed E-state index contributed by atoms with van der Waals surface area (Å²) < 4.78 is 11.6. The van der Waals surface area contributed by atoms with Gasteiger partial charge in [0.15, 0.2) is 6.29 Å². The summed E-state index contributed by atoms with van der Waals surface area (Å²) in [6.07, 6.45) is 3.76. The smallest absolute Gasteiger partial charge is 0.184 e. The van der Waals surface area contributed by atoms with Gasteiger partial charge in [-0.25, -0.2) is 0 Å². The lowest BCUT2D eigenvalue weighted by Gasteiger charge is -2.14. The lowest BCUT2D eigenvalue weighted by atomic mass is 10.1. The molecule has 0 aromatic heterocycles. The lowest BCUT2D eigenvalue weighted by molar-refractivity contribution is -0.0614. The van der Waals surface area contributed by atoms with Crippen molar-refractivity contribution in [2.24, 2.45) is 5.73 Å². The molecule has 1 aliphatic heterocycles. The molecule has 0 saturated carbocycles. The molecule has 1 saturated heterocycles. The van der Waals surface area contributed by atoms with Crippen LogP contribution in [0.1, 0.15) is 44.5 Å². The molecule has 21 heavy (non-hydrogen) atoms. The number of unbranched alkanes of at least 4 members (excludes halogenated alkanes) is 1. The van der Waals surface area contributed by atoms with Gasteiger partial charge in [-0.15, -0.1) is 0 Å². The Morgan fingerprint density at radius 3 is 2.86 bits per heavy atom. The standard InChI is InChI=1S/C16H25N3O2/c1-12(17)19-15(18)10-6-5-9-14-11-20-16(21-14)13-7-3-2-4-8-13/h2-4,7-8,14-16H,5-6,9-11,18H2,1H3,(H2,17,19). The SMILES string of the molecule is CC(=N)NC(N)CCCCC1COC(c2ccccc2)O1. The van der Waals surface area contributed by atoms with Gasteiger partial charge in [-0.1, -0.05) is 36.8 Å². The Hall–Kier alpha value is -1.43. The van der Waals surface area contributed by atoms with E-state index in [0.29, 0.717) is 12.4 Å². The second-order valence-corrected chi connectivity index (χ2v) is 5.49. The fraction of sp³-hybridized carbons (Fsp3) is 0.562. The zero-order valence-electron chi connectivity index (χ0n) is 12.5. The van der Waals surface area contributed by atoms with Gasteiger partial charge < -0.3 is 20.5 Å². The minimum atomic E-state index is -0.222. The topological polar surface area (TPSA) is 80.4 Å². The normalized spacial score (nSPS) is 23.0. The number of rotatable bonds is 7. The molecule has 5 nitrogen and oxygen atoms in total. The summed E-state index contributed by atoms with van der Waals surface area (Å²) in [5.74, 6) is 0.417. The summed E-state index contributed by atoms with van der Waals surface area (Å²) in [5, 5.41) is 10.2. The fourth-order valence-electron chi connectivity index (χ4n) is 2.47.